The van der Waals surface area contributed by atoms with Gasteiger partial charge in [0.1, 0.15) is 0 Å². The fourth-order valence-corrected chi connectivity index (χ4v) is 2.61. The van der Waals surface area contributed by atoms with Crippen molar-refractivity contribution in [1.82, 2.24) is 0 Å². The number of rotatable bonds is 6. The Labute approximate surface area is 101 Å². The van der Waals surface area contributed by atoms with Gasteiger partial charge in [-0.1, -0.05) is 0 Å². The predicted octanol–water partition coefficient (Wildman–Crippen LogP) is 3.50. The molecule has 14 heavy (non-hydrogen) atoms. The van der Waals surface area contributed by atoms with Gasteiger partial charge in [-0.3, -0.25) is 0 Å². The summed E-state index contributed by atoms with van der Waals surface area (Å²) in [5, 5.41) is 0. The number of allylic oxidation sites excluding steroid dienone is 1. The normalized spacial score (nSPS) is 9.86. The molecule has 0 spiro atoms. The van der Waals surface area contributed by atoms with Crippen LogP contribution in [0.15, 0.2) is 43.0 Å². The SMILES string of the molecule is C=CCCCC[C](=[Hf+2])c1ccccc1. The fraction of sp³-hybridized carbons (Fsp3) is 0.308. The zero-order valence-corrected chi connectivity index (χ0v) is 12.1. The van der Waals surface area contributed by atoms with Gasteiger partial charge in [0.25, 0.3) is 0 Å². The molecule has 1 rings (SSSR count). The molecular formula is C13H16Hf+2. The Hall–Kier alpha value is -0.300. The Balaban J connectivity index is 2.32. The van der Waals surface area contributed by atoms with E-state index in [0.717, 1.165) is 6.42 Å². The molecule has 0 unspecified atom stereocenters. The molecule has 1 aromatic rings. The van der Waals surface area contributed by atoms with Gasteiger partial charge in [-0.05, 0) is 0 Å². The van der Waals surface area contributed by atoms with E-state index in [-0.39, 0.29) is 0 Å². The Kier molecular flexibility index (Phi) is 5.93. The summed E-state index contributed by atoms with van der Waals surface area (Å²) in [7, 11) is 0. The van der Waals surface area contributed by atoms with E-state index < -0.39 is 0 Å². The van der Waals surface area contributed by atoms with Crippen molar-refractivity contribution in [2.75, 3.05) is 0 Å². The molecule has 1 aromatic carbocycles. The van der Waals surface area contributed by atoms with Crippen molar-refractivity contribution in [2.45, 2.75) is 25.7 Å². The van der Waals surface area contributed by atoms with Crippen molar-refractivity contribution in [1.29, 1.82) is 0 Å². The summed E-state index contributed by atoms with van der Waals surface area (Å²) in [5.41, 5.74) is 1.44. The summed E-state index contributed by atoms with van der Waals surface area (Å²) in [6.07, 6.45) is 7.02. The van der Waals surface area contributed by atoms with Gasteiger partial charge in [-0.2, -0.15) is 0 Å². The quantitative estimate of drug-likeness (QED) is 0.418. The van der Waals surface area contributed by atoms with Crippen LogP contribution in [0.5, 0.6) is 0 Å². The van der Waals surface area contributed by atoms with Crippen LogP contribution in [0.25, 0.3) is 0 Å². The van der Waals surface area contributed by atoms with Crippen molar-refractivity contribution in [3.8, 4) is 0 Å². The summed E-state index contributed by atoms with van der Waals surface area (Å²) in [6.45, 7) is 3.74. The maximum atomic E-state index is 3.74. The molecule has 0 atom stereocenters. The van der Waals surface area contributed by atoms with Crippen LogP contribution in [0.1, 0.15) is 31.2 Å². The second-order valence-electron chi connectivity index (χ2n) is 3.38. The molecule has 0 amide bonds. The summed E-state index contributed by atoms with van der Waals surface area (Å²) in [4.78, 5) is 0. The third-order valence-corrected chi connectivity index (χ3v) is 4.14. The van der Waals surface area contributed by atoms with E-state index in [0.29, 0.717) is 0 Å². The van der Waals surface area contributed by atoms with Gasteiger partial charge >= 0.3 is 101 Å². The first-order chi connectivity index (χ1) is 6.84. The standard InChI is InChI=1S/C13H16.Hf/c1-2-3-4-5-7-10-13-11-8-6-9-12-13;/h2,6,8-9,11-12H,1,3-5,7H2;/q;+2. The average Bonchev–Trinajstić information content (AvgIpc) is 2.25. The van der Waals surface area contributed by atoms with Crippen LogP contribution in [-0.4, -0.2) is 3.26 Å². The van der Waals surface area contributed by atoms with Gasteiger partial charge in [0, 0.05) is 0 Å². The summed E-state index contributed by atoms with van der Waals surface area (Å²) < 4.78 is 1.63. The van der Waals surface area contributed by atoms with Crippen LogP contribution >= 0.6 is 0 Å². The Morgan fingerprint density at radius 1 is 1.21 bits per heavy atom. The Morgan fingerprint density at radius 2 is 1.93 bits per heavy atom. The van der Waals surface area contributed by atoms with Crippen molar-refractivity contribution in [2.24, 2.45) is 0 Å². The van der Waals surface area contributed by atoms with Gasteiger partial charge in [-0.15, -0.1) is 0 Å². The van der Waals surface area contributed by atoms with E-state index in [9.17, 15) is 0 Å². The van der Waals surface area contributed by atoms with E-state index in [4.69, 9.17) is 0 Å². The summed E-state index contributed by atoms with van der Waals surface area (Å²) in [6, 6.07) is 10.8. The van der Waals surface area contributed by atoms with Gasteiger partial charge in [0.05, 0.1) is 0 Å². The fourth-order valence-electron chi connectivity index (χ4n) is 1.37. The minimum atomic E-state index is 1.16. The molecule has 0 nitrogen and oxygen atoms in total. The van der Waals surface area contributed by atoms with E-state index in [1.165, 1.54) is 48.7 Å². The Bertz CT molecular complexity index is 287. The third kappa shape index (κ3) is 4.28. The van der Waals surface area contributed by atoms with Gasteiger partial charge in [-0.25, -0.2) is 0 Å². The molecule has 0 bridgehead atoms. The third-order valence-electron chi connectivity index (χ3n) is 2.21. The molecule has 0 aliphatic heterocycles. The minimum absolute atomic E-state index is 1.16. The molecule has 0 fully saturated rings. The van der Waals surface area contributed by atoms with Gasteiger partial charge in [0.2, 0.25) is 0 Å². The van der Waals surface area contributed by atoms with Crippen LogP contribution in [0.4, 0.5) is 0 Å². The van der Waals surface area contributed by atoms with E-state index in [2.05, 4.69) is 36.9 Å². The van der Waals surface area contributed by atoms with Crippen molar-refractivity contribution in [3.63, 3.8) is 0 Å². The topological polar surface area (TPSA) is 0 Å². The van der Waals surface area contributed by atoms with Crippen molar-refractivity contribution in [3.05, 3.63) is 48.6 Å². The molecular weight excluding hydrogens is 335 g/mol. The Morgan fingerprint density at radius 3 is 2.57 bits per heavy atom. The number of benzene rings is 1. The van der Waals surface area contributed by atoms with Gasteiger partial charge in [0.15, 0.2) is 0 Å². The van der Waals surface area contributed by atoms with E-state index >= 15 is 0 Å². The average molecular weight is 351 g/mol. The maximum absolute atomic E-state index is 3.74. The second kappa shape index (κ2) is 7.05. The molecule has 0 heterocycles. The molecule has 0 aromatic heterocycles. The molecule has 0 saturated carbocycles. The molecule has 1 heteroatoms. The van der Waals surface area contributed by atoms with Crippen LogP contribution in [0.2, 0.25) is 0 Å². The zero-order valence-electron chi connectivity index (χ0n) is 8.50. The van der Waals surface area contributed by atoms with Crippen LogP contribution in [0, 0.1) is 0 Å². The molecule has 0 N–H and O–H groups in total. The molecule has 0 aliphatic carbocycles. The van der Waals surface area contributed by atoms with E-state index in [1.807, 2.05) is 6.08 Å². The second-order valence-corrected chi connectivity index (χ2v) is 5.55. The first-order valence-electron chi connectivity index (χ1n) is 5.08. The van der Waals surface area contributed by atoms with Crippen LogP contribution in [-0.2, 0) is 23.9 Å². The molecule has 70 valence electrons. The van der Waals surface area contributed by atoms with Crippen molar-refractivity contribution < 1.29 is 23.9 Å². The van der Waals surface area contributed by atoms with Crippen LogP contribution < -0.4 is 0 Å². The first kappa shape index (κ1) is 11.8. The number of unbranched alkanes of at least 4 members (excludes halogenated alkanes) is 2. The first-order valence-corrected chi connectivity index (χ1v) is 6.88. The number of hydrogen-bond acceptors (Lipinski definition) is 0. The zero-order chi connectivity index (χ0) is 10.2. The van der Waals surface area contributed by atoms with E-state index in [1.54, 1.807) is 3.26 Å². The van der Waals surface area contributed by atoms with Gasteiger partial charge < -0.3 is 0 Å². The summed E-state index contributed by atoms with van der Waals surface area (Å²) in [5.74, 6) is 0. The molecule has 0 aliphatic rings. The predicted molar refractivity (Wildman–Crippen MR) is 59.2 cm³/mol. The van der Waals surface area contributed by atoms with Crippen molar-refractivity contribution >= 4 is 3.26 Å². The summed E-state index contributed by atoms with van der Waals surface area (Å²) >= 11 is 1.19. The van der Waals surface area contributed by atoms with Crippen LogP contribution in [0.3, 0.4) is 0 Å². The molecule has 0 radical (unpaired) electrons. The number of hydrogen-bond donors (Lipinski definition) is 0. The molecule has 0 saturated heterocycles. The monoisotopic (exact) mass is 352 g/mol.